The molecule has 1 aliphatic carbocycles. The lowest BCUT2D eigenvalue weighted by molar-refractivity contribution is -0.120. The summed E-state index contributed by atoms with van der Waals surface area (Å²) in [4.78, 5) is 32.5. The lowest BCUT2D eigenvalue weighted by Crippen LogP contribution is -2.38. The van der Waals surface area contributed by atoms with Crippen LogP contribution in [0.25, 0.3) is 10.2 Å². The number of aryl methyl sites for hydroxylation is 2. The number of thiophene rings is 1. The van der Waals surface area contributed by atoms with Gasteiger partial charge < -0.3 is 5.32 Å². The van der Waals surface area contributed by atoms with Gasteiger partial charge in [-0.3, -0.25) is 14.2 Å². The molecule has 0 bridgehead atoms. The molecule has 0 spiro atoms. The maximum absolute atomic E-state index is 13.2. The lowest BCUT2D eigenvalue weighted by atomic mass is 10.2. The molecular weight excluding hydrogens is 378 g/mol. The number of rotatable bonds is 6. The lowest BCUT2D eigenvalue weighted by Gasteiger charge is -2.19. The van der Waals surface area contributed by atoms with E-state index in [-0.39, 0.29) is 16.7 Å². The van der Waals surface area contributed by atoms with Gasteiger partial charge in [-0.05, 0) is 45.1 Å². The molecule has 2 aromatic rings. The molecule has 1 N–H and O–H groups in total. The number of nitrogens with zero attached hydrogens (tertiary/aromatic N) is 2. The van der Waals surface area contributed by atoms with Gasteiger partial charge >= 0.3 is 0 Å². The van der Waals surface area contributed by atoms with E-state index in [0.717, 1.165) is 33.5 Å². The molecule has 5 nitrogen and oxygen atoms in total. The van der Waals surface area contributed by atoms with E-state index in [1.54, 1.807) is 15.9 Å². The number of carbonyl (C=O) groups excluding carboxylic acids is 1. The Morgan fingerprint density at radius 2 is 1.96 bits per heavy atom. The van der Waals surface area contributed by atoms with Crippen molar-refractivity contribution in [3.05, 3.63) is 20.8 Å². The van der Waals surface area contributed by atoms with Crippen molar-refractivity contribution in [2.24, 2.45) is 5.92 Å². The fourth-order valence-electron chi connectivity index (χ4n) is 3.53. The summed E-state index contributed by atoms with van der Waals surface area (Å²) in [7, 11) is 0. The van der Waals surface area contributed by atoms with Crippen LogP contribution < -0.4 is 10.9 Å². The van der Waals surface area contributed by atoms with Crippen LogP contribution >= 0.6 is 23.1 Å². The molecule has 0 radical (unpaired) electrons. The Morgan fingerprint density at radius 1 is 1.30 bits per heavy atom. The molecule has 1 atom stereocenters. The highest BCUT2D eigenvalue weighted by Gasteiger charge is 2.24. The minimum Gasteiger partial charge on any atom is -0.352 e. The van der Waals surface area contributed by atoms with Crippen LogP contribution in [-0.4, -0.2) is 26.8 Å². The third-order valence-corrected chi connectivity index (χ3v) is 7.35. The molecule has 2 heterocycles. The summed E-state index contributed by atoms with van der Waals surface area (Å²) >= 11 is 2.95. The summed E-state index contributed by atoms with van der Waals surface area (Å²) in [6.07, 6.45) is 4.52. The molecule has 1 fully saturated rings. The van der Waals surface area contributed by atoms with E-state index in [9.17, 15) is 9.59 Å². The van der Waals surface area contributed by atoms with Crippen LogP contribution in [0.5, 0.6) is 0 Å². The minimum atomic E-state index is -0.282. The fraction of sp³-hybridized carbons (Fsp3) is 0.650. The summed E-state index contributed by atoms with van der Waals surface area (Å²) < 4.78 is 1.76. The molecule has 3 rings (SSSR count). The molecule has 1 amide bonds. The summed E-state index contributed by atoms with van der Waals surface area (Å²) in [6, 6.07) is 0.302. The van der Waals surface area contributed by atoms with Crippen molar-refractivity contribution in [3.63, 3.8) is 0 Å². The Morgan fingerprint density at radius 3 is 2.59 bits per heavy atom. The smallest absolute Gasteiger partial charge is 0.263 e. The van der Waals surface area contributed by atoms with Gasteiger partial charge in [-0.15, -0.1) is 11.3 Å². The van der Waals surface area contributed by atoms with Gasteiger partial charge in [0, 0.05) is 17.5 Å². The van der Waals surface area contributed by atoms with Crippen LogP contribution in [0, 0.1) is 19.8 Å². The first kappa shape index (κ1) is 20.4. The van der Waals surface area contributed by atoms with Crippen molar-refractivity contribution in [3.8, 4) is 0 Å². The number of nitrogens with one attached hydrogen (secondary N) is 1. The summed E-state index contributed by atoms with van der Waals surface area (Å²) in [5.74, 6) is 0.361. The highest BCUT2D eigenvalue weighted by atomic mass is 32.2. The zero-order valence-corrected chi connectivity index (χ0v) is 18.4. The van der Waals surface area contributed by atoms with Gasteiger partial charge in [0.05, 0.1) is 10.6 Å². The predicted molar refractivity (Wildman–Crippen MR) is 114 cm³/mol. The van der Waals surface area contributed by atoms with Crippen molar-refractivity contribution in [1.29, 1.82) is 0 Å². The van der Waals surface area contributed by atoms with Crippen molar-refractivity contribution in [1.82, 2.24) is 14.9 Å². The number of thioether (sulfide) groups is 1. The van der Waals surface area contributed by atoms with E-state index in [4.69, 9.17) is 4.98 Å². The quantitative estimate of drug-likeness (QED) is 0.574. The van der Waals surface area contributed by atoms with E-state index < -0.39 is 0 Å². The normalized spacial score (nSPS) is 16.4. The standard InChI is InChI=1S/C20H29N3O2S2/c1-11(2)10-23-19(25)16-12(3)13(4)26-18(16)22-20(23)27-14(5)17(24)21-15-8-6-7-9-15/h11,14-15H,6-10H2,1-5H3,(H,21,24)/t14-/m0/s1. The average molecular weight is 408 g/mol. The highest BCUT2D eigenvalue weighted by Crippen LogP contribution is 2.30. The third kappa shape index (κ3) is 4.40. The van der Waals surface area contributed by atoms with Crippen LogP contribution in [0.3, 0.4) is 0 Å². The number of carbonyl (C=O) groups is 1. The first-order valence-electron chi connectivity index (χ1n) is 9.75. The van der Waals surface area contributed by atoms with Crippen molar-refractivity contribution < 1.29 is 4.79 Å². The Kier molecular flexibility index (Phi) is 6.31. The number of amides is 1. The van der Waals surface area contributed by atoms with Crippen LogP contribution in [0.4, 0.5) is 0 Å². The maximum Gasteiger partial charge on any atom is 0.263 e. The molecule has 0 saturated heterocycles. The minimum absolute atomic E-state index is 0.0152. The summed E-state index contributed by atoms with van der Waals surface area (Å²) in [5, 5.41) is 4.25. The van der Waals surface area contributed by atoms with E-state index in [0.29, 0.717) is 23.7 Å². The maximum atomic E-state index is 13.2. The van der Waals surface area contributed by atoms with Gasteiger partial charge in [-0.1, -0.05) is 38.5 Å². The van der Waals surface area contributed by atoms with Crippen LogP contribution in [-0.2, 0) is 11.3 Å². The monoisotopic (exact) mass is 407 g/mol. The highest BCUT2D eigenvalue weighted by molar-refractivity contribution is 8.00. The number of aromatic nitrogens is 2. The summed E-state index contributed by atoms with van der Waals surface area (Å²) in [5.41, 5.74) is 1.04. The van der Waals surface area contributed by atoms with Gasteiger partial charge in [0.15, 0.2) is 5.16 Å². The molecule has 148 valence electrons. The van der Waals surface area contributed by atoms with Crippen molar-refractivity contribution in [2.75, 3.05) is 0 Å². The van der Waals surface area contributed by atoms with Crippen molar-refractivity contribution >= 4 is 39.2 Å². The number of fused-ring (bicyclic) bond motifs is 1. The second kappa shape index (κ2) is 8.35. The zero-order valence-electron chi connectivity index (χ0n) is 16.8. The van der Waals surface area contributed by atoms with Gasteiger partial charge in [0.2, 0.25) is 5.91 Å². The van der Waals surface area contributed by atoms with Gasteiger partial charge in [-0.25, -0.2) is 4.98 Å². The zero-order chi connectivity index (χ0) is 19.7. The Labute approximate surface area is 169 Å². The largest absolute Gasteiger partial charge is 0.352 e. The Bertz CT molecular complexity index is 895. The van der Waals surface area contributed by atoms with Crippen LogP contribution in [0.15, 0.2) is 9.95 Å². The second-order valence-electron chi connectivity index (χ2n) is 7.92. The molecule has 27 heavy (non-hydrogen) atoms. The predicted octanol–water partition coefficient (Wildman–Crippen LogP) is 4.27. The molecule has 0 aromatic carbocycles. The Hall–Kier alpha value is -1.34. The first-order valence-corrected chi connectivity index (χ1v) is 11.4. The third-order valence-electron chi connectivity index (χ3n) is 5.15. The van der Waals surface area contributed by atoms with E-state index in [2.05, 4.69) is 19.2 Å². The molecule has 1 aliphatic rings. The Balaban J connectivity index is 1.91. The van der Waals surface area contributed by atoms with Crippen molar-refractivity contribution in [2.45, 2.75) is 83.3 Å². The molecule has 1 saturated carbocycles. The number of hydrogen-bond acceptors (Lipinski definition) is 5. The van der Waals surface area contributed by atoms with E-state index in [1.807, 2.05) is 20.8 Å². The second-order valence-corrected chi connectivity index (χ2v) is 10.4. The fourth-order valence-corrected chi connectivity index (χ4v) is 5.52. The van der Waals surface area contributed by atoms with Gasteiger partial charge in [-0.2, -0.15) is 0 Å². The molecule has 7 heteroatoms. The van der Waals surface area contributed by atoms with Gasteiger partial charge in [0.1, 0.15) is 4.83 Å². The molecule has 0 aliphatic heterocycles. The molecular formula is C20H29N3O2S2. The van der Waals surface area contributed by atoms with E-state index >= 15 is 0 Å². The topological polar surface area (TPSA) is 64.0 Å². The molecule has 0 unspecified atom stereocenters. The average Bonchev–Trinajstić information content (AvgIpc) is 3.19. The number of hydrogen-bond donors (Lipinski definition) is 1. The van der Waals surface area contributed by atoms with E-state index in [1.165, 1.54) is 24.6 Å². The molecule has 2 aromatic heterocycles. The van der Waals surface area contributed by atoms with Crippen LogP contribution in [0.2, 0.25) is 0 Å². The van der Waals surface area contributed by atoms with Gasteiger partial charge in [0.25, 0.3) is 5.56 Å². The summed E-state index contributed by atoms with van der Waals surface area (Å²) in [6.45, 7) is 10.7. The van der Waals surface area contributed by atoms with Crippen LogP contribution in [0.1, 0.15) is 56.9 Å². The first-order chi connectivity index (χ1) is 12.8. The SMILES string of the molecule is Cc1sc2nc(S[C@@H](C)C(=O)NC3CCCC3)n(CC(C)C)c(=O)c2c1C.